The number of rotatable bonds is 8. The number of hydrogen-bond acceptors (Lipinski definition) is 0. The molecule has 2 aliphatic rings. The van der Waals surface area contributed by atoms with Gasteiger partial charge in [0.05, 0.1) is 0 Å². The Morgan fingerprint density at radius 1 is 0.857 bits per heavy atom. The van der Waals surface area contributed by atoms with Crippen molar-refractivity contribution in [2.75, 3.05) is 0 Å². The van der Waals surface area contributed by atoms with E-state index in [1.807, 2.05) is 0 Å². The predicted molar refractivity (Wildman–Crippen MR) is 114 cm³/mol. The molecule has 158 valence electrons. The summed E-state index contributed by atoms with van der Waals surface area (Å²) >= 11 is 0. The fourth-order valence-electron chi connectivity index (χ4n) is 5.94. The van der Waals surface area contributed by atoms with E-state index in [2.05, 4.69) is 13.8 Å². The summed E-state index contributed by atoms with van der Waals surface area (Å²) in [5.41, 5.74) is 0.992. The minimum atomic E-state index is -0.730. The molecule has 0 aromatic heterocycles. The monoisotopic (exact) mass is 390 g/mol. The van der Waals surface area contributed by atoms with Crippen LogP contribution in [0.2, 0.25) is 0 Å². The molecule has 2 aliphatic carbocycles. The molecule has 0 bridgehead atoms. The molecule has 0 amide bonds. The van der Waals surface area contributed by atoms with Crippen molar-refractivity contribution in [3.63, 3.8) is 0 Å². The van der Waals surface area contributed by atoms with Crippen LogP contribution in [0.3, 0.4) is 0 Å². The largest absolute Gasteiger partial charge is 0.204 e. The number of halogens is 2. The van der Waals surface area contributed by atoms with Gasteiger partial charge in [-0.25, -0.2) is 8.78 Å². The second-order valence-corrected chi connectivity index (χ2v) is 9.88. The Kier molecular flexibility index (Phi) is 8.36. The third kappa shape index (κ3) is 6.04. The third-order valence-electron chi connectivity index (χ3n) is 7.88. The SMILES string of the molecule is CCCCCC1CCC(C(C)CC2CCC(c3ccc(F)c(F)c3)CC2)CC1. The van der Waals surface area contributed by atoms with Gasteiger partial charge in [-0.3, -0.25) is 0 Å². The first kappa shape index (κ1) is 21.8. The van der Waals surface area contributed by atoms with Crippen LogP contribution in [0.15, 0.2) is 18.2 Å². The second kappa shape index (κ2) is 10.7. The highest BCUT2D eigenvalue weighted by atomic mass is 19.2. The maximum atomic E-state index is 13.5. The van der Waals surface area contributed by atoms with Gasteiger partial charge in [0.25, 0.3) is 0 Å². The highest BCUT2D eigenvalue weighted by molar-refractivity contribution is 5.22. The first-order chi connectivity index (χ1) is 13.6. The standard InChI is InChI=1S/C26H40F2/c1-3-4-5-6-20-7-11-22(12-8-20)19(2)17-21-9-13-23(14-10-21)24-15-16-25(27)26(28)18-24/h15-16,18-23H,3-14,17H2,1-2H3. The summed E-state index contributed by atoms with van der Waals surface area (Å²) in [5.74, 6) is 2.61. The Morgan fingerprint density at radius 3 is 2.18 bits per heavy atom. The van der Waals surface area contributed by atoms with Crippen molar-refractivity contribution in [1.82, 2.24) is 0 Å². The quantitative estimate of drug-likeness (QED) is 0.390. The average molecular weight is 391 g/mol. The zero-order chi connectivity index (χ0) is 19.9. The van der Waals surface area contributed by atoms with E-state index in [0.717, 1.165) is 42.1 Å². The van der Waals surface area contributed by atoms with Crippen molar-refractivity contribution in [2.45, 2.75) is 103 Å². The summed E-state index contributed by atoms with van der Waals surface area (Å²) in [7, 11) is 0. The Balaban J connectivity index is 1.38. The predicted octanol–water partition coefficient (Wildman–Crippen LogP) is 8.65. The molecule has 0 aliphatic heterocycles. The van der Waals surface area contributed by atoms with E-state index in [0.29, 0.717) is 5.92 Å². The van der Waals surface area contributed by atoms with Gasteiger partial charge in [0, 0.05) is 0 Å². The van der Waals surface area contributed by atoms with Crippen LogP contribution in [0.5, 0.6) is 0 Å². The Bertz CT molecular complexity index is 580. The van der Waals surface area contributed by atoms with E-state index in [9.17, 15) is 8.78 Å². The second-order valence-electron chi connectivity index (χ2n) is 9.88. The Morgan fingerprint density at radius 2 is 1.54 bits per heavy atom. The van der Waals surface area contributed by atoms with Crippen LogP contribution in [-0.4, -0.2) is 0 Å². The molecule has 1 atom stereocenters. The van der Waals surface area contributed by atoms with Crippen molar-refractivity contribution in [3.05, 3.63) is 35.4 Å². The molecule has 2 heteroatoms. The van der Waals surface area contributed by atoms with Gasteiger partial charge in [-0.15, -0.1) is 0 Å². The first-order valence-corrected chi connectivity index (χ1v) is 12.0. The molecule has 0 radical (unpaired) electrons. The number of benzene rings is 1. The highest BCUT2D eigenvalue weighted by Gasteiger charge is 2.29. The van der Waals surface area contributed by atoms with Crippen LogP contribution in [0.1, 0.15) is 109 Å². The average Bonchev–Trinajstić information content (AvgIpc) is 2.71. The molecule has 2 saturated carbocycles. The van der Waals surface area contributed by atoms with Crippen molar-refractivity contribution >= 4 is 0 Å². The topological polar surface area (TPSA) is 0 Å². The van der Waals surface area contributed by atoms with Gasteiger partial charge >= 0.3 is 0 Å². The fraction of sp³-hybridized carbons (Fsp3) is 0.769. The maximum absolute atomic E-state index is 13.5. The number of unbranched alkanes of at least 4 members (excludes halogenated alkanes) is 2. The molecule has 0 saturated heterocycles. The summed E-state index contributed by atoms with van der Waals surface area (Å²) in [5, 5.41) is 0. The normalized spacial score (nSPS) is 29.6. The first-order valence-electron chi connectivity index (χ1n) is 12.0. The van der Waals surface area contributed by atoms with Crippen LogP contribution in [0, 0.1) is 35.3 Å². The zero-order valence-corrected chi connectivity index (χ0v) is 18.1. The summed E-state index contributed by atoms with van der Waals surface area (Å²) < 4.78 is 26.7. The van der Waals surface area contributed by atoms with Gasteiger partial charge in [0.1, 0.15) is 0 Å². The minimum Gasteiger partial charge on any atom is -0.204 e. The summed E-state index contributed by atoms with van der Waals surface area (Å²) in [6, 6.07) is 4.49. The van der Waals surface area contributed by atoms with E-state index >= 15 is 0 Å². The Labute approximate surface area is 171 Å². The van der Waals surface area contributed by atoms with Crippen molar-refractivity contribution in [2.24, 2.45) is 23.7 Å². The Hall–Kier alpha value is -0.920. The fourth-order valence-corrected chi connectivity index (χ4v) is 5.94. The molecular formula is C26H40F2. The highest BCUT2D eigenvalue weighted by Crippen LogP contribution is 2.42. The molecular weight excluding hydrogens is 350 g/mol. The summed E-state index contributed by atoms with van der Waals surface area (Å²) in [6.07, 6.45) is 17.6. The molecule has 0 nitrogen and oxygen atoms in total. The lowest BCUT2D eigenvalue weighted by atomic mass is 9.70. The molecule has 2 fully saturated rings. The number of hydrogen-bond donors (Lipinski definition) is 0. The van der Waals surface area contributed by atoms with Gasteiger partial charge in [-0.2, -0.15) is 0 Å². The van der Waals surface area contributed by atoms with Gasteiger partial charge in [0.15, 0.2) is 11.6 Å². The van der Waals surface area contributed by atoms with Crippen LogP contribution in [0.25, 0.3) is 0 Å². The van der Waals surface area contributed by atoms with E-state index in [1.165, 1.54) is 82.8 Å². The van der Waals surface area contributed by atoms with Gasteiger partial charge in [-0.05, 0) is 92.2 Å². The van der Waals surface area contributed by atoms with Crippen LogP contribution in [-0.2, 0) is 0 Å². The maximum Gasteiger partial charge on any atom is 0.159 e. The molecule has 0 heterocycles. The van der Waals surface area contributed by atoms with Crippen LogP contribution >= 0.6 is 0 Å². The lowest BCUT2D eigenvalue weighted by Crippen LogP contribution is -2.23. The molecule has 0 N–H and O–H groups in total. The van der Waals surface area contributed by atoms with E-state index in [-0.39, 0.29) is 0 Å². The van der Waals surface area contributed by atoms with E-state index < -0.39 is 11.6 Å². The third-order valence-corrected chi connectivity index (χ3v) is 7.88. The zero-order valence-electron chi connectivity index (χ0n) is 18.1. The summed E-state index contributed by atoms with van der Waals surface area (Å²) in [4.78, 5) is 0. The molecule has 3 rings (SSSR count). The molecule has 1 unspecified atom stereocenters. The van der Waals surface area contributed by atoms with E-state index in [4.69, 9.17) is 0 Å². The van der Waals surface area contributed by atoms with Crippen LogP contribution < -0.4 is 0 Å². The van der Waals surface area contributed by atoms with Crippen LogP contribution in [0.4, 0.5) is 8.78 Å². The summed E-state index contributed by atoms with van der Waals surface area (Å²) in [6.45, 7) is 4.79. The lowest BCUT2D eigenvalue weighted by Gasteiger charge is -2.36. The molecule has 0 spiro atoms. The minimum absolute atomic E-state index is 0.417. The molecule has 28 heavy (non-hydrogen) atoms. The van der Waals surface area contributed by atoms with Gasteiger partial charge < -0.3 is 0 Å². The van der Waals surface area contributed by atoms with Gasteiger partial charge in [0.2, 0.25) is 0 Å². The molecule has 1 aromatic carbocycles. The van der Waals surface area contributed by atoms with Gasteiger partial charge in [-0.1, -0.05) is 58.4 Å². The molecule has 1 aromatic rings. The van der Waals surface area contributed by atoms with E-state index in [1.54, 1.807) is 6.07 Å². The van der Waals surface area contributed by atoms with Crippen molar-refractivity contribution in [3.8, 4) is 0 Å². The smallest absolute Gasteiger partial charge is 0.159 e. The van der Waals surface area contributed by atoms with Crippen molar-refractivity contribution < 1.29 is 8.78 Å². The lowest BCUT2D eigenvalue weighted by molar-refractivity contribution is 0.169. The van der Waals surface area contributed by atoms with Crippen molar-refractivity contribution in [1.29, 1.82) is 0 Å².